The zero-order valence-electron chi connectivity index (χ0n) is 9.67. The van der Waals surface area contributed by atoms with Gasteiger partial charge in [-0.1, -0.05) is 36.4 Å². The minimum absolute atomic E-state index is 0.141. The fraction of sp³-hybridized carbons (Fsp3) is 0.250. The molecule has 1 fully saturated rings. The van der Waals surface area contributed by atoms with Gasteiger partial charge in [0.25, 0.3) is 0 Å². The van der Waals surface area contributed by atoms with Crippen molar-refractivity contribution in [2.45, 2.75) is 11.8 Å². The highest BCUT2D eigenvalue weighted by molar-refractivity contribution is 5.93. The van der Waals surface area contributed by atoms with Crippen LogP contribution in [0, 0.1) is 34.5 Å². The maximum absolute atomic E-state index is 9.27. The summed E-state index contributed by atoms with van der Waals surface area (Å²) in [5.41, 5.74) is 2.54. The molecule has 0 amide bonds. The first kappa shape index (κ1) is 9.68. The summed E-state index contributed by atoms with van der Waals surface area (Å²) >= 11 is 0. The molecule has 2 nitrogen and oxygen atoms in total. The molecule has 84 valence electrons. The third kappa shape index (κ3) is 0.891. The molecule has 4 rings (SSSR count). The number of rotatable bonds is 0. The lowest BCUT2D eigenvalue weighted by Gasteiger charge is -2.42. The van der Waals surface area contributed by atoms with Gasteiger partial charge in [0, 0.05) is 11.8 Å². The molecule has 2 heteroatoms. The quantitative estimate of drug-likeness (QED) is 0.697. The van der Waals surface area contributed by atoms with Crippen molar-refractivity contribution < 1.29 is 0 Å². The van der Waals surface area contributed by atoms with Gasteiger partial charge in [-0.2, -0.15) is 10.5 Å². The number of hydrogen-bond donors (Lipinski definition) is 0. The summed E-state index contributed by atoms with van der Waals surface area (Å²) in [5.74, 6) is 0.192. The smallest absolute Gasteiger partial charge is 0.0702 e. The van der Waals surface area contributed by atoms with E-state index >= 15 is 0 Å². The zero-order chi connectivity index (χ0) is 12.3. The van der Waals surface area contributed by atoms with Crippen molar-refractivity contribution >= 4 is 10.8 Å². The van der Waals surface area contributed by atoms with Gasteiger partial charge >= 0.3 is 0 Å². The lowest BCUT2D eigenvalue weighted by Crippen LogP contribution is -2.39. The Morgan fingerprint density at radius 2 is 1.28 bits per heavy atom. The molecule has 0 N–H and O–H groups in total. The highest BCUT2D eigenvalue weighted by Gasteiger charge is 2.56. The second-order valence-corrected chi connectivity index (χ2v) is 5.15. The van der Waals surface area contributed by atoms with E-state index in [4.69, 9.17) is 0 Å². The fourth-order valence-electron chi connectivity index (χ4n) is 3.80. The highest BCUT2D eigenvalue weighted by Crippen LogP contribution is 2.63. The maximum Gasteiger partial charge on any atom is 0.0702 e. The van der Waals surface area contributed by atoms with Crippen molar-refractivity contribution in [3.8, 4) is 12.1 Å². The van der Waals surface area contributed by atoms with Gasteiger partial charge in [0.1, 0.15) is 0 Å². The molecule has 2 aliphatic rings. The summed E-state index contributed by atoms with van der Waals surface area (Å²) < 4.78 is 0. The van der Waals surface area contributed by atoms with Gasteiger partial charge in [-0.3, -0.25) is 0 Å². The van der Waals surface area contributed by atoms with E-state index in [-0.39, 0.29) is 23.7 Å². The van der Waals surface area contributed by atoms with Gasteiger partial charge in [0.2, 0.25) is 0 Å². The monoisotopic (exact) mass is 230 g/mol. The van der Waals surface area contributed by atoms with Crippen LogP contribution in [0.1, 0.15) is 23.0 Å². The fourth-order valence-corrected chi connectivity index (χ4v) is 3.80. The van der Waals surface area contributed by atoms with Gasteiger partial charge in [0.15, 0.2) is 0 Å². The largest absolute Gasteiger partial charge is 0.198 e. The minimum Gasteiger partial charge on any atom is -0.198 e. The van der Waals surface area contributed by atoms with Gasteiger partial charge in [-0.15, -0.1) is 0 Å². The Bertz CT molecular complexity index is 687. The third-order valence-corrected chi connectivity index (χ3v) is 4.53. The van der Waals surface area contributed by atoms with E-state index in [0.29, 0.717) is 0 Å². The Labute approximate surface area is 105 Å². The second-order valence-electron chi connectivity index (χ2n) is 5.15. The average molecular weight is 230 g/mol. The van der Waals surface area contributed by atoms with Crippen LogP contribution in [0.2, 0.25) is 0 Å². The average Bonchev–Trinajstić information content (AvgIpc) is 2.64. The van der Waals surface area contributed by atoms with E-state index in [0.717, 1.165) is 0 Å². The predicted octanol–water partition coefficient (Wildman–Crippen LogP) is 3.31. The molecule has 2 aromatic carbocycles. The summed E-state index contributed by atoms with van der Waals surface area (Å²) in [6.07, 6.45) is 0. The Morgan fingerprint density at radius 3 is 1.72 bits per heavy atom. The van der Waals surface area contributed by atoms with E-state index in [1.807, 2.05) is 0 Å². The summed E-state index contributed by atoms with van der Waals surface area (Å²) in [5, 5.41) is 21.1. The van der Waals surface area contributed by atoms with E-state index in [1.165, 1.54) is 21.9 Å². The molecule has 18 heavy (non-hydrogen) atoms. The molecule has 0 radical (unpaired) electrons. The first-order chi connectivity index (χ1) is 8.86. The minimum atomic E-state index is -0.141. The molecule has 2 aliphatic carbocycles. The van der Waals surface area contributed by atoms with Crippen LogP contribution in [0.3, 0.4) is 0 Å². The van der Waals surface area contributed by atoms with Crippen molar-refractivity contribution in [3.63, 3.8) is 0 Å². The molecule has 1 saturated carbocycles. The van der Waals surface area contributed by atoms with Crippen LogP contribution in [-0.4, -0.2) is 0 Å². The van der Waals surface area contributed by atoms with E-state index in [1.54, 1.807) is 0 Å². The van der Waals surface area contributed by atoms with Crippen LogP contribution >= 0.6 is 0 Å². The van der Waals surface area contributed by atoms with Gasteiger partial charge < -0.3 is 0 Å². The van der Waals surface area contributed by atoms with Crippen molar-refractivity contribution in [3.05, 3.63) is 47.5 Å². The zero-order valence-corrected chi connectivity index (χ0v) is 9.67. The molecule has 0 aromatic heterocycles. The normalized spacial score (nSPS) is 31.2. The lowest BCUT2D eigenvalue weighted by atomic mass is 9.57. The standard InChI is InChI=1S/C16H10N2/c17-7-12-13(8-18)16-11-6-2-4-9-3-1-5-10(14(9)11)15(12)16/h1-6,12-13,15-16H/t12-,13+,15-,16+. The molecule has 2 aromatic rings. The highest BCUT2D eigenvalue weighted by atomic mass is 14.6. The Morgan fingerprint density at radius 1 is 0.778 bits per heavy atom. The second kappa shape index (κ2) is 3.12. The van der Waals surface area contributed by atoms with Gasteiger partial charge in [-0.25, -0.2) is 0 Å². The SMILES string of the molecule is N#C[C@@H]1[C@H](C#N)[C@@H]2c3cccc4cccc(c34)[C@H]12. The van der Waals surface area contributed by atoms with Crippen LogP contribution < -0.4 is 0 Å². The molecule has 0 spiro atoms. The van der Waals surface area contributed by atoms with Crippen molar-refractivity contribution in [2.75, 3.05) is 0 Å². The lowest BCUT2D eigenvalue weighted by molar-refractivity contribution is 0.201. The summed E-state index contributed by atoms with van der Waals surface area (Å²) in [6.45, 7) is 0. The summed E-state index contributed by atoms with van der Waals surface area (Å²) in [4.78, 5) is 0. The molecule has 0 saturated heterocycles. The van der Waals surface area contributed by atoms with Crippen LogP contribution in [0.4, 0.5) is 0 Å². The molecule has 0 aliphatic heterocycles. The predicted molar refractivity (Wildman–Crippen MR) is 67.6 cm³/mol. The van der Waals surface area contributed by atoms with Crippen LogP contribution in [0.5, 0.6) is 0 Å². The van der Waals surface area contributed by atoms with Gasteiger partial charge in [0.05, 0.1) is 24.0 Å². The molecule has 0 bridgehead atoms. The Balaban J connectivity index is 2.04. The van der Waals surface area contributed by atoms with Crippen molar-refractivity contribution in [1.29, 1.82) is 10.5 Å². The molecular weight excluding hydrogens is 220 g/mol. The van der Waals surface area contributed by atoms with E-state index in [9.17, 15) is 10.5 Å². The van der Waals surface area contributed by atoms with Crippen molar-refractivity contribution in [1.82, 2.24) is 0 Å². The number of nitriles is 2. The Kier molecular flexibility index (Phi) is 1.68. The number of benzene rings is 2. The van der Waals surface area contributed by atoms with E-state index in [2.05, 4.69) is 48.5 Å². The van der Waals surface area contributed by atoms with E-state index < -0.39 is 0 Å². The first-order valence-electron chi connectivity index (χ1n) is 6.17. The summed E-state index contributed by atoms with van der Waals surface area (Å²) in [7, 11) is 0. The third-order valence-electron chi connectivity index (χ3n) is 4.53. The number of hydrogen-bond acceptors (Lipinski definition) is 2. The number of nitrogens with zero attached hydrogens (tertiary/aromatic N) is 2. The maximum atomic E-state index is 9.27. The molecular formula is C16H10N2. The van der Waals surface area contributed by atoms with Gasteiger partial charge in [-0.05, 0) is 21.9 Å². The molecule has 0 unspecified atom stereocenters. The summed E-state index contributed by atoms with van der Waals surface area (Å²) in [6, 6.07) is 17.2. The van der Waals surface area contributed by atoms with Crippen LogP contribution in [0.25, 0.3) is 10.8 Å². The molecule has 4 atom stereocenters. The molecule has 0 heterocycles. The number of fused-ring (bicyclic) bond motifs is 3. The topological polar surface area (TPSA) is 47.6 Å². The van der Waals surface area contributed by atoms with Crippen molar-refractivity contribution in [2.24, 2.45) is 11.8 Å². The Hall–Kier alpha value is -2.32. The van der Waals surface area contributed by atoms with Crippen LogP contribution in [-0.2, 0) is 0 Å². The first-order valence-corrected chi connectivity index (χ1v) is 6.17. The van der Waals surface area contributed by atoms with Crippen LogP contribution in [0.15, 0.2) is 36.4 Å².